The standard InChI is InChI=1S/C15H21ClN4O2S/c1-9(2)5-7-20-11-12(19(4)14(22)18-13(11)21)17-15(20)23-8-6-10(3)16/h6,9H,5,7-8H2,1-4H3,(H,18,21,22). The lowest BCUT2D eigenvalue weighted by Crippen LogP contribution is -2.29. The highest BCUT2D eigenvalue weighted by Crippen LogP contribution is 2.23. The van der Waals surface area contributed by atoms with Gasteiger partial charge in [0.05, 0.1) is 0 Å². The summed E-state index contributed by atoms with van der Waals surface area (Å²) in [5.41, 5.74) is 0.0118. The van der Waals surface area contributed by atoms with Gasteiger partial charge in [0.2, 0.25) is 0 Å². The van der Waals surface area contributed by atoms with Crippen LogP contribution in [0.1, 0.15) is 27.2 Å². The Morgan fingerprint density at radius 2 is 2.13 bits per heavy atom. The SMILES string of the molecule is CC(Cl)=CCSc1nc2c(c(=O)[nH]c(=O)n2C)n1CCC(C)C. The summed E-state index contributed by atoms with van der Waals surface area (Å²) in [5.74, 6) is 1.16. The highest BCUT2D eigenvalue weighted by atomic mass is 35.5. The molecule has 0 aromatic carbocycles. The first-order chi connectivity index (χ1) is 10.8. The van der Waals surface area contributed by atoms with Crippen molar-refractivity contribution in [2.75, 3.05) is 5.75 Å². The summed E-state index contributed by atoms with van der Waals surface area (Å²) in [6.45, 7) is 6.76. The molecule has 0 saturated heterocycles. The van der Waals surface area contributed by atoms with Crippen LogP contribution in [0, 0.1) is 5.92 Å². The number of rotatable bonds is 6. The second-order valence-electron chi connectivity index (χ2n) is 5.82. The van der Waals surface area contributed by atoms with Gasteiger partial charge in [0.25, 0.3) is 5.56 Å². The number of fused-ring (bicyclic) bond motifs is 1. The Hall–Kier alpha value is -1.47. The summed E-state index contributed by atoms with van der Waals surface area (Å²) >= 11 is 7.36. The summed E-state index contributed by atoms with van der Waals surface area (Å²) < 4.78 is 3.27. The zero-order chi connectivity index (χ0) is 17.1. The van der Waals surface area contributed by atoms with E-state index < -0.39 is 11.2 Å². The highest BCUT2D eigenvalue weighted by molar-refractivity contribution is 7.99. The van der Waals surface area contributed by atoms with Gasteiger partial charge in [-0.25, -0.2) is 9.78 Å². The highest BCUT2D eigenvalue weighted by Gasteiger charge is 2.17. The third-order valence-electron chi connectivity index (χ3n) is 3.48. The van der Waals surface area contributed by atoms with Gasteiger partial charge in [-0.1, -0.05) is 43.3 Å². The lowest BCUT2D eigenvalue weighted by Gasteiger charge is -2.09. The van der Waals surface area contributed by atoms with Crippen LogP contribution >= 0.6 is 23.4 Å². The maximum absolute atomic E-state index is 12.2. The van der Waals surface area contributed by atoms with Crippen LogP contribution in [0.5, 0.6) is 0 Å². The van der Waals surface area contributed by atoms with E-state index in [9.17, 15) is 9.59 Å². The summed E-state index contributed by atoms with van der Waals surface area (Å²) in [7, 11) is 1.61. The summed E-state index contributed by atoms with van der Waals surface area (Å²) in [6.07, 6.45) is 2.81. The predicted octanol–water partition coefficient (Wildman–Crippen LogP) is 2.70. The Balaban J connectivity index is 2.55. The van der Waals surface area contributed by atoms with Crippen molar-refractivity contribution in [3.8, 4) is 0 Å². The Morgan fingerprint density at radius 3 is 2.74 bits per heavy atom. The van der Waals surface area contributed by atoms with Crippen LogP contribution in [0.4, 0.5) is 0 Å². The van der Waals surface area contributed by atoms with Crippen LogP contribution in [-0.4, -0.2) is 24.9 Å². The van der Waals surface area contributed by atoms with E-state index in [0.29, 0.717) is 34.4 Å². The molecule has 0 bridgehead atoms. The molecular formula is C15H21ClN4O2S. The Bertz CT molecular complexity index is 844. The quantitative estimate of drug-likeness (QED) is 0.808. The lowest BCUT2D eigenvalue weighted by molar-refractivity contribution is 0.503. The van der Waals surface area contributed by atoms with Crippen molar-refractivity contribution in [3.05, 3.63) is 31.9 Å². The molecule has 8 heteroatoms. The van der Waals surface area contributed by atoms with E-state index in [0.717, 1.165) is 11.6 Å². The maximum atomic E-state index is 12.2. The fourth-order valence-electron chi connectivity index (χ4n) is 2.15. The molecule has 2 heterocycles. The summed E-state index contributed by atoms with van der Waals surface area (Å²) in [6, 6.07) is 0. The van der Waals surface area contributed by atoms with Gasteiger partial charge < -0.3 is 4.57 Å². The van der Waals surface area contributed by atoms with E-state index in [1.54, 1.807) is 7.05 Å². The fraction of sp³-hybridized carbons (Fsp3) is 0.533. The summed E-state index contributed by atoms with van der Waals surface area (Å²) in [5, 5.41) is 1.44. The second-order valence-corrected chi connectivity index (χ2v) is 7.40. The molecule has 0 fully saturated rings. The number of hydrogen-bond acceptors (Lipinski definition) is 4. The molecule has 0 radical (unpaired) electrons. The molecule has 6 nitrogen and oxygen atoms in total. The van der Waals surface area contributed by atoms with Crippen molar-refractivity contribution in [2.24, 2.45) is 13.0 Å². The average molecular weight is 357 g/mol. The molecule has 0 aliphatic rings. The van der Waals surface area contributed by atoms with E-state index in [1.165, 1.54) is 16.3 Å². The van der Waals surface area contributed by atoms with Gasteiger partial charge in [-0.05, 0) is 19.3 Å². The van der Waals surface area contributed by atoms with E-state index in [-0.39, 0.29) is 0 Å². The van der Waals surface area contributed by atoms with E-state index in [2.05, 4.69) is 23.8 Å². The minimum Gasteiger partial charge on any atom is -0.313 e. The van der Waals surface area contributed by atoms with Crippen LogP contribution < -0.4 is 11.2 Å². The maximum Gasteiger partial charge on any atom is 0.329 e. The summed E-state index contributed by atoms with van der Waals surface area (Å²) in [4.78, 5) is 30.9. The molecule has 126 valence electrons. The number of aromatic nitrogens is 4. The molecule has 0 saturated carbocycles. The number of imidazole rings is 1. The Kier molecular flexibility index (Phi) is 5.75. The first-order valence-corrected chi connectivity index (χ1v) is 8.82. The molecule has 0 unspecified atom stereocenters. The average Bonchev–Trinajstić information content (AvgIpc) is 2.81. The number of halogens is 1. The largest absolute Gasteiger partial charge is 0.329 e. The van der Waals surface area contributed by atoms with Crippen molar-refractivity contribution in [3.63, 3.8) is 0 Å². The predicted molar refractivity (Wildman–Crippen MR) is 95.4 cm³/mol. The molecule has 0 aliphatic heterocycles. The van der Waals surface area contributed by atoms with Crippen LogP contribution in [-0.2, 0) is 13.6 Å². The van der Waals surface area contributed by atoms with Gasteiger partial charge in [-0.3, -0.25) is 14.3 Å². The number of nitrogens with one attached hydrogen (secondary N) is 1. The first kappa shape index (κ1) is 17.9. The zero-order valence-electron chi connectivity index (χ0n) is 13.7. The number of nitrogens with zero attached hydrogens (tertiary/aromatic N) is 3. The van der Waals surface area contributed by atoms with Crippen molar-refractivity contribution in [2.45, 2.75) is 38.9 Å². The van der Waals surface area contributed by atoms with Gasteiger partial charge in [0.15, 0.2) is 16.3 Å². The minimum absolute atomic E-state index is 0.393. The molecule has 2 rings (SSSR count). The molecule has 0 aliphatic carbocycles. The number of aromatic amines is 1. The monoisotopic (exact) mass is 356 g/mol. The van der Waals surface area contributed by atoms with Gasteiger partial charge in [0, 0.05) is 24.4 Å². The Labute approximate surface area is 143 Å². The van der Waals surface area contributed by atoms with Gasteiger partial charge in [0.1, 0.15) is 0 Å². The minimum atomic E-state index is -0.455. The van der Waals surface area contributed by atoms with Gasteiger partial charge >= 0.3 is 5.69 Å². The second kappa shape index (κ2) is 7.40. The number of aryl methyl sites for hydroxylation is 2. The number of thioether (sulfide) groups is 1. The first-order valence-electron chi connectivity index (χ1n) is 7.45. The van der Waals surface area contributed by atoms with Crippen LogP contribution in [0.25, 0.3) is 11.2 Å². The number of H-pyrrole nitrogens is 1. The number of allylic oxidation sites excluding steroid dienone is 1. The lowest BCUT2D eigenvalue weighted by atomic mass is 10.1. The van der Waals surface area contributed by atoms with Crippen LogP contribution in [0.2, 0.25) is 0 Å². The molecule has 2 aromatic rings. The molecular weight excluding hydrogens is 336 g/mol. The van der Waals surface area contributed by atoms with Crippen LogP contribution in [0.3, 0.4) is 0 Å². The normalized spacial score (nSPS) is 12.5. The molecule has 23 heavy (non-hydrogen) atoms. The Morgan fingerprint density at radius 1 is 1.43 bits per heavy atom. The van der Waals surface area contributed by atoms with Gasteiger partial charge in [-0.15, -0.1) is 0 Å². The van der Waals surface area contributed by atoms with Crippen molar-refractivity contribution >= 4 is 34.5 Å². The smallest absolute Gasteiger partial charge is 0.313 e. The topological polar surface area (TPSA) is 72.7 Å². The molecule has 0 atom stereocenters. The molecule has 0 spiro atoms. The third-order valence-corrected chi connectivity index (χ3v) is 4.54. The molecule has 1 N–H and O–H groups in total. The van der Waals surface area contributed by atoms with Crippen molar-refractivity contribution in [1.82, 2.24) is 19.1 Å². The number of hydrogen-bond donors (Lipinski definition) is 1. The molecule has 2 aromatic heterocycles. The third kappa shape index (κ3) is 4.09. The van der Waals surface area contributed by atoms with Crippen molar-refractivity contribution in [1.29, 1.82) is 0 Å². The van der Waals surface area contributed by atoms with Crippen molar-refractivity contribution < 1.29 is 0 Å². The fourth-order valence-corrected chi connectivity index (χ4v) is 3.29. The zero-order valence-corrected chi connectivity index (χ0v) is 15.3. The molecule has 0 amide bonds. The van der Waals surface area contributed by atoms with Gasteiger partial charge in [-0.2, -0.15) is 0 Å². The van der Waals surface area contributed by atoms with E-state index in [1.807, 2.05) is 17.6 Å². The van der Waals surface area contributed by atoms with Crippen LogP contribution in [0.15, 0.2) is 25.9 Å². The van der Waals surface area contributed by atoms with E-state index in [4.69, 9.17) is 11.6 Å². The van der Waals surface area contributed by atoms with E-state index >= 15 is 0 Å².